The molecule has 3 rings (SSSR count). The van der Waals surface area contributed by atoms with Gasteiger partial charge in [0.1, 0.15) is 30.6 Å². The van der Waals surface area contributed by atoms with Crippen molar-refractivity contribution in [3.63, 3.8) is 0 Å². The molecular weight excluding hydrogens is 437 g/mol. The molecule has 0 bridgehead atoms. The zero-order valence-electron chi connectivity index (χ0n) is 19.5. The molecule has 5 atom stereocenters. The topological polar surface area (TPSA) is 147 Å². The van der Waals surface area contributed by atoms with Gasteiger partial charge in [-0.15, -0.1) is 0 Å². The Labute approximate surface area is 191 Å². The van der Waals surface area contributed by atoms with E-state index in [1.807, 2.05) is 0 Å². The van der Waals surface area contributed by atoms with Crippen molar-refractivity contribution in [2.75, 3.05) is 31.5 Å². The Morgan fingerprint density at radius 2 is 2.00 bits per heavy atom. The van der Waals surface area contributed by atoms with E-state index in [2.05, 4.69) is 20.3 Å². The fourth-order valence-corrected chi connectivity index (χ4v) is 3.80. The molecule has 182 valence electrons. The number of nitrogens with zero attached hydrogens (tertiary/aromatic N) is 3. The van der Waals surface area contributed by atoms with Gasteiger partial charge in [0.15, 0.2) is 18.3 Å². The first kappa shape index (κ1) is 24.8. The Kier molecular flexibility index (Phi) is 6.89. The average molecular weight is 467 g/mol. The second kappa shape index (κ2) is 9.18. The van der Waals surface area contributed by atoms with Gasteiger partial charge in [-0.3, -0.25) is 14.6 Å². The van der Waals surface area contributed by atoms with Gasteiger partial charge in [0, 0.05) is 20.2 Å². The van der Waals surface area contributed by atoms with Crippen molar-refractivity contribution in [3.8, 4) is 0 Å². The number of nitrogen functional groups attached to an aromatic ring is 1. The monoisotopic (exact) mass is 467 g/mol. The van der Waals surface area contributed by atoms with Crippen molar-refractivity contribution in [1.82, 2.24) is 9.97 Å². The molecule has 1 aromatic rings. The van der Waals surface area contributed by atoms with Crippen LogP contribution in [0.4, 0.5) is 21.8 Å². The Balaban J connectivity index is 1.84. The fourth-order valence-electron chi connectivity index (χ4n) is 3.80. The number of nitrogens with one attached hydrogen (secondary N) is 1. The van der Waals surface area contributed by atoms with Crippen molar-refractivity contribution < 1.29 is 32.9 Å². The Morgan fingerprint density at radius 3 is 2.61 bits per heavy atom. The van der Waals surface area contributed by atoms with Crippen molar-refractivity contribution in [1.29, 1.82) is 0 Å². The van der Waals surface area contributed by atoms with Gasteiger partial charge >= 0.3 is 11.9 Å². The van der Waals surface area contributed by atoms with Crippen LogP contribution in [0.15, 0.2) is 4.99 Å². The molecule has 12 heteroatoms. The van der Waals surface area contributed by atoms with Crippen LogP contribution in [0.3, 0.4) is 0 Å². The van der Waals surface area contributed by atoms with Gasteiger partial charge in [-0.1, -0.05) is 0 Å². The Hall–Kier alpha value is -2.86. The van der Waals surface area contributed by atoms with Crippen LogP contribution in [0.5, 0.6) is 0 Å². The number of halogens is 1. The summed E-state index contributed by atoms with van der Waals surface area (Å²) in [7, 11) is 1.66. The van der Waals surface area contributed by atoms with Crippen LogP contribution in [0.1, 0.15) is 46.2 Å². The standard InChI is InChI=1S/C21H30FN5O6/c1-10(28)30-8-12-16(31-9-32-18(29)20(2,3)4)21(5,22)15(33-12)11-7-25-14-13(11)26-19(23)27-17(14)24-6/h7,11-12,15-16H,8-9H2,1-6H3,(H3,23,24,26,27)/t11?,12-,15?,16-,21+/m1/s1. The highest BCUT2D eigenvalue weighted by Gasteiger charge is 2.59. The molecule has 2 unspecified atom stereocenters. The lowest BCUT2D eigenvalue weighted by Gasteiger charge is -2.29. The van der Waals surface area contributed by atoms with Gasteiger partial charge in [-0.2, -0.15) is 4.98 Å². The number of rotatable bonds is 7. The number of carbonyl (C=O) groups excluding carboxylic acids is 2. The van der Waals surface area contributed by atoms with Gasteiger partial charge in [0.2, 0.25) is 5.95 Å². The van der Waals surface area contributed by atoms with E-state index in [-0.39, 0.29) is 12.6 Å². The first-order chi connectivity index (χ1) is 15.4. The quantitative estimate of drug-likeness (QED) is 0.450. The SMILES string of the molecule is CNc1nc(N)nc2c1N=CC2C1O[C@H](COC(C)=O)[C@@H](OCOC(=O)C(C)(C)C)[C@@]1(C)F. The number of fused-ring (bicyclic) bond motifs is 1. The molecule has 33 heavy (non-hydrogen) atoms. The minimum Gasteiger partial charge on any atom is -0.463 e. The Bertz CT molecular complexity index is 948. The first-order valence-corrected chi connectivity index (χ1v) is 10.5. The third kappa shape index (κ3) is 5.06. The minimum absolute atomic E-state index is 0.00511. The zero-order valence-corrected chi connectivity index (χ0v) is 19.5. The molecule has 1 aromatic heterocycles. The van der Waals surface area contributed by atoms with Crippen LogP contribution in [0.25, 0.3) is 0 Å². The highest BCUT2D eigenvalue weighted by molar-refractivity contribution is 5.85. The van der Waals surface area contributed by atoms with Crippen LogP contribution in [-0.2, 0) is 28.5 Å². The molecule has 1 fully saturated rings. The van der Waals surface area contributed by atoms with Gasteiger partial charge in [-0.05, 0) is 27.7 Å². The summed E-state index contributed by atoms with van der Waals surface area (Å²) in [4.78, 5) is 36.1. The van der Waals surface area contributed by atoms with E-state index >= 15 is 4.39 Å². The lowest BCUT2D eigenvalue weighted by molar-refractivity contribution is -0.179. The molecule has 2 aliphatic heterocycles. The fraction of sp³-hybridized carbons (Fsp3) is 0.667. The number of carbonyl (C=O) groups is 2. The number of aromatic nitrogens is 2. The average Bonchev–Trinajstić information content (AvgIpc) is 3.23. The van der Waals surface area contributed by atoms with Crippen LogP contribution in [0, 0.1) is 5.41 Å². The summed E-state index contributed by atoms with van der Waals surface area (Å²) in [6.45, 7) is 6.90. The largest absolute Gasteiger partial charge is 0.463 e. The number of aliphatic imine (C=N–C) groups is 1. The van der Waals surface area contributed by atoms with Crippen molar-refractivity contribution >= 4 is 35.6 Å². The van der Waals surface area contributed by atoms with E-state index in [9.17, 15) is 9.59 Å². The third-order valence-electron chi connectivity index (χ3n) is 5.44. The summed E-state index contributed by atoms with van der Waals surface area (Å²) >= 11 is 0. The van der Waals surface area contributed by atoms with Crippen molar-refractivity contribution in [3.05, 3.63) is 5.69 Å². The van der Waals surface area contributed by atoms with E-state index in [1.54, 1.807) is 27.8 Å². The summed E-state index contributed by atoms with van der Waals surface area (Å²) in [6, 6.07) is 0. The number of ether oxygens (including phenoxy) is 4. The number of hydrogen-bond acceptors (Lipinski definition) is 11. The maximum atomic E-state index is 16.2. The molecule has 0 amide bonds. The van der Waals surface area contributed by atoms with E-state index < -0.39 is 54.0 Å². The van der Waals surface area contributed by atoms with E-state index in [4.69, 9.17) is 24.7 Å². The lowest BCUT2D eigenvalue weighted by Crippen LogP contribution is -2.46. The number of alkyl halides is 1. The molecule has 3 N–H and O–H groups in total. The number of hydrogen-bond donors (Lipinski definition) is 2. The third-order valence-corrected chi connectivity index (χ3v) is 5.44. The van der Waals surface area contributed by atoms with Crippen molar-refractivity contribution in [2.24, 2.45) is 10.4 Å². The molecule has 11 nitrogen and oxygen atoms in total. The number of esters is 2. The number of anilines is 2. The van der Waals surface area contributed by atoms with Gasteiger partial charge in [0.05, 0.1) is 17.0 Å². The second-order valence-electron chi connectivity index (χ2n) is 9.15. The first-order valence-electron chi connectivity index (χ1n) is 10.5. The maximum Gasteiger partial charge on any atom is 0.313 e. The second-order valence-corrected chi connectivity index (χ2v) is 9.15. The van der Waals surface area contributed by atoms with Crippen LogP contribution < -0.4 is 11.1 Å². The van der Waals surface area contributed by atoms with Gasteiger partial charge in [0.25, 0.3) is 0 Å². The summed E-state index contributed by atoms with van der Waals surface area (Å²) in [5, 5.41) is 2.89. The van der Waals surface area contributed by atoms with Crippen molar-refractivity contribution in [2.45, 2.75) is 64.5 Å². The zero-order chi connectivity index (χ0) is 24.6. The highest BCUT2D eigenvalue weighted by atomic mass is 19.1. The molecular formula is C21H30FN5O6. The van der Waals surface area contributed by atoms with Gasteiger partial charge < -0.3 is 30.0 Å². The molecule has 3 heterocycles. The van der Waals surface area contributed by atoms with Crippen LogP contribution in [-0.4, -0.2) is 72.5 Å². The van der Waals surface area contributed by atoms with Crippen LogP contribution in [0.2, 0.25) is 0 Å². The summed E-state index contributed by atoms with van der Waals surface area (Å²) in [6.07, 6.45) is -1.73. The van der Waals surface area contributed by atoms with Gasteiger partial charge in [-0.25, -0.2) is 9.37 Å². The molecule has 1 saturated heterocycles. The lowest BCUT2D eigenvalue weighted by atomic mass is 9.86. The van der Waals surface area contributed by atoms with E-state index in [0.717, 1.165) is 0 Å². The predicted octanol–water partition coefficient (Wildman–Crippen LogP) is 1.89. The predicted molar refractivity (Wildman–Crippen MR) is 117 cm³/mol. The van der Waals surface area contributed by atoms with Crippen LogP contribution >= 0.6 is 0 Å². The molecule has 0 spiro atoms. The Morgan fingerprint density at radius 1 is 1.30 bits per heavy atom. The molecule has 0 aromatic carbocycles. The summed E-state index contributed by atoms with van der Waals surface area (Å²) in [5.74, 6) is -1.33. The minimum atomic E-state index is -2.09. The van der Waals surface area contributed by atoms with E-state index in [1.165, 1.54) is 20.1 Å². The summed E-state index contributed by atoms with van der Waals surface area (Å²) in [5.41, 5.74) is 3.83. The smallest absolute Gasteiger partial charge is 0.313 e. The highest BCUT2D eigenvalue weighted by Crippen LogP contribution is 2.47. The molecule has 0 saturated carbocycles. The molecule has 2 aliphatic rings. The molecule has 0 radical (unpaired) electrons. The summed E-state index contributed by atoms with van der Waals surface area (Å²) < 4.78 is 38.0. The van der Waals surface area contributed by atoms with E-state index in [0.29, 0.717) is 17.2 Å². The number of nitrogens with two attached hydrogens (primary N) is 1. The maximum absolute atomic E-state index is 16.2. The normalized spacial score (nSPS) is 28.5. The molecule has 0 aliphatic carbocycles.